The van der Waals surface area contributed by atoms with Gasteiger partial charge in [-0.25, -0.2) is 19.9 Å². The number of likely N-dealkylation sites (N-methyl/N-ethyl adjacent to an activating group) is 2. The summed E-state index contributed by atoms with van der Waals surface area (Å²) < 4.78 is 9.26. The standard InChI is InChI=1S/2C26H34N6.C26H36N6.C24H32N6/c1-19-7-5-13-27-26(19)23-10-3-9-22(29(23)2)21-18-32-24(28-21)11-4-12-25(32)31-16-15-30-14-6-8-20(30)17-31;1-29-14-16-31(17-15-29)25-10-4-9-24-28-21(18-32(24)25)22-7-3-8-23(30(22)2)26-20(19-11-12-19)6-5-13-27-26;1-19-8-7-15-27-26(19)23-10-5-9-22(30(23)4)21-18-32-24(28-21)11-6-12-25(32)31-16-13-20(14-17-31)29(2)3;1-18-7-6-12-25-24(18)21-9-4-8-20(28(21)3)19-17-30-22(26-19)10-5-11-23(30)29-15-13-27(2)14-16-29/h4-5,7,11-13,18,20,22-23H,3,6,8-10,14-17H2,1-2H3;4-6,9-10,13,18-19,22-23H,3,7-8,11-12,14-17H2,1-2H3;6-8,11-12,15,18,20,22-23H,5,9-10,13-14,16-17H2,1-4H3;5-7,10-12,17,20-21H,4,8-9,13-16H2,1-3H3/t20?,22-,23+;2*22-,23+;20-,21+/m1111/s1. The van der Waals surface area contributed by atoms with Crippen LogP contribution < -0.4 is 19.6 Å². The highest BCUT2D eigenvalue weighted by Crippen LogP contribution is 2.49. The molecule has 0 aromatic carbocycles. The Morgan fingerprint density at radius 3 is 0.976 bits per heavy atom. The summed E-state index contributed by atoms with van der Waals surface area (Å²) in [5, 5.41) is 0. The molecule has 22 rings (SSSR count). The number of likely N-dealkylation sites (tertiary alicyclic amines) is 4. The molecule has 0 bridgehead atoms. The van der Waals surface area contributed by atoms with Crippen molar-refractivity contribution < 1.29 is 0 Å². The maximum atomic E-state index is 5.12. The molecule has 0 amide bonds. The Morgan fingerprint density at radius 2 is 0.619 bits per heavy atom. The lowest BCUT2D eigenvalue weighted by Gasteiger charge is -2.39. The number of hydrogen-bond acceptors (Lipinski definition) is 20. The van der Waals surface area contributed by atoms with E-state index in [0.717, 1.165) is 152 Å². The Balaban J connectivity index is 0.000000110. The highest BCUT2D eigenvalue weighted by Gasteiger charge is 2.41. The number of rotatable bonds is 14. The molecule has 12 aromatic rings. The summed E-state index contributed by atoms with van der Waals surface area (Å²) in [6.45, 7) is 22.1. The second-order valence-electron chi connectivity index (χ2n) is 38.5. The lowest BCUT2D eigenvalue weighted by molar-refractivity contribution is 0.109. The molecule has 0 radical (unpaired) electrons. The number of piperidine rings is 5. The minimum Gasteiger partial charge on any atom is -0.358 e. The van der Waals surface area contributed by atoms with Crippen molar-refractivity contribution in [1.82, 2.24) is 96.7 Å². The third-order valence-corrected chi connectivity index (χ3v) is 30.5. The monoisotopic (exact) mass is 1700 g/mol. The summed E-state index contributed by atoms with van der Waals surface area (Å²) in [6.07, 6.45) is 38.8. The van der Waals surface area contributed by atoms with Crippen molar-refractivity contribution in [3.8, 4) is 0 Å². The summed E-state index contributed by atoms with van der Waals surface area (Å²) in [5.74, 6) is 5.83. The van der Waals surface area contributed by atoms with Crippen molar-refractivity contribution in [2.24, 2.45) is 0 Å². The van der Waals surface area contributed by atoms with Gasteiger partial charge in [0.1, 0.15) is 45.9 Å². The van der Waals surface area contributed by atoms with E-state index >= 15 is 0 Å². The van der Waals surface area contributed by atoms with Gasteiger partial charge in [0.05, 0.1) is 93.9 Å². The SMILES string of the molecule is CN1CCN(c2cccc3nc([C@H]4CCC[C@@H](c5ncccc5C5CC5)N4C)cn23)CC1.Cc1cccnc1[C@@H]1CCC[C@H](c2cn3c(N4CCC(N(C)C)CC4)cccc3n2)N1C.Cc1cccnc1[C@@H]1CCC[C@H](c2cn3c(N4CCN(C)CC4)cccc3n2)N1C.Cc1cccnc1[C@@H]1CCC[C@H](c2cn3c(N4CCN5CCCC5C4)cccc3n2)N1C. The molecule has 1 aliphatic carbocycles. The molecule has 10 aliphatic rings. The number of imidazole rings is 4. The second kappa shape index (κ2) is 37.9. The third kappa shape index (κ3) is 17.9. The van der Waals surface area contributed by atoms with E-state index in [2.05, 4.69) is 281 Å². The molecule has 0 spiro atoms. The van der Waals surface area contributed by atoms with Crippen molar-refractivity contribution in [3.05, 3.63) is 239 Å². The van der Waals surface area contributed by atoms with Gasteiger partial charge in [-0.2, -0.15) is 0 Å². The minimum absolute atomic E-state index is 0.322. The molecule has 9 aliphatic heterocycles. The molecule has 24 heteroatoms. The molecule has 1 unspecified atom stereocenters. The number of hydrogen-bond donors (Lipinski definition) is 0. The molecule has 664 valence electrons. The molecule has 21 heterocycles. The van der Waals surface area contributed by atoms with Crippen molar-refractivity contribution in [1.29, 1.82) is 0 Å². The highest BCUT2D eigenvalue weighted by atomic mass is 15.4. The van der Waals surface area contributed by atoms with Crippen LogP contribution in [0.2, 0.25) is 0 Å². The van der Waals surface area contributed by atoms with Gasteiger partial charge in [-0.1, -0.05) is 48.5 Å². The molecular weight excluding hydrogens is 1560 g/mol. The summed E-state index contributed by atoms with van der Waals surface area (Å²) in [5.41, 5.74) is 19.3. The summed E-state index contributed by atoms with van der Waals surface area (Å²) in [7, 11) is 17.8. The van der Waals surface area contributed by atoms with E-state index in [1.54, 1.807) is 0 Å². The minimum atomic E-state index is 0.322. The van der Waals surface area contributed by atoms with E-state index in [9.17, 15) is 0 Å². The van der Waals surface area contributed by atoms with Gasteiger partial charge in [0.25, 0.3) is 0 Å². The summed E-state index contributed by atoms with van der Waals surface area (Å²) >= 11 is 0. The van der Waals surface area contributed by atoms with Crippen LogP contribution in [0.4, 0.5) is 23.3 Å². The molecule has 12 aromatic heterocycles. The smallest absolute Gasteiger partial charge is 0.138 e. The largest absolute Gasteiger partial charge is 0.358 e. The van der Waals surface area contributed by atoms with Gasteiger partial charge in [0.15, 0.2) is 0 Å². The molecule has 10 fully saturated rings. The van der Waals surface area contributed by atoms with Gasteiger partial charge < -0.3 is 34.3 Å². The van der Waals surface area contributed by atoms with Crippen molar-refractivity contribution >= 4 is 45.9 Å². The summed E-state index contributed by atoms with van der Waals surface area (Å²) in [4.78, 5) is 69.5. The van der Waals surface area contributed by atoms with Crippen molar-refractivity contribution in [3.63, 3.8) is 0 Å². The first-order valence-electron chi connectivity index (χ1n) is 47.8. The lowest BCUT2D eigenvalue weighted by atomic mass is 9.90. The molecular formula is C102H136N24. The third-order valence-electron chi connectivity index (χ3n) is 30.5. The van der Waals surface area contributed by atoms with Gasteiger partial charge in [-0.3, -0.25) is 62.0 Å². The quantitative estimate of drug-likeness (QED) is 0.101. The fourth-order valence-corrected chi connectivity index (χ4v) is 22.9. The van der Waals surface area contributed by atoms with Crippen LogP contribution in [0, 0.1) is 20.8 Å². The fourth-order valence-electron chi connectivity index (χ4n) is 22.9. The molecule has 9 saturated heterocycles. The van der Waals surface area contributed by atoms with Crippen LogP contribution >= 0.6 is 0 Å². The average Bonchev–Trinajstić information content (AvgIpc) is 1.66. The van der Waals surface area contributed by atoms with Gasteiger partial charge in [-0.05, 0) is 300 Å². The molecule has 1 saturated carbocycles. The zero-order valence-electron chi connectivity index (χ0n) is 76.9. The van der Waals surface area contributed by atoms with Gasteiger partial charge in [-0.15, -0.1) is 0 Å². The molecule has 24 nitrogen and oxygen atoms in total. The first-order valence-corrected chi connectivity index (χ1v) is 47.8. The van der Waals surface area contributed by atoms with E-state index in [1.165, 1.54) is 175 Å². The fraction of sp³-hybridized carbons (Fsp3) is 0.529. The zero-order chi connectivity index (χ0) is 86.2. The Labute approximate surface area is 747 Å². The van der Waals surface area contributed by atoms with Crippen LogP contribution in [0.5, 0.6) is 0 Å². The van der Waals surface area contributed by atoms with E-state index < -0.39 is 0 Å². The van der Waals surface area contributed by atoms with E-state index in [1.807, 2.05) is 43.0 Å². The van der Waals surface area contributed by atoms with Crippen LogP contribution in [0.15, 0.2) is 171 Å². The molecule has 9 atom stereocenters. The Kier molecular flexibility index (Phi) is 25.8. The first-order chi connectivity index (χ1) is 61.5. The van der Waals surface area contributed by atoms with Crippen LogP contribution in [-0.2, 0) is 0 Å². The van der Waals surface area contributed by atoms with Crippen LogP contribution in [0.1, 0.15) is 238 Å². The predicted octanol–water partition coefficient (Wildman–Crippen LogP) is 16.6. The highest BCUT2D eigenvalue weighted by molar-refractivity contribution is 5.57. The number of nitrogens with zero attached hydrogens (tertiary/aromatic N) is 24. The molecule has 126 heavy (non-hydrogen) atoms. The Morgan fingerprint density at radius 1 is 0.294 bits per heavy atom. The van der Waals surface area contributed by atoms with Gasteiger partial charge in [0, 0.05) is 147 Å². The Bertz CT molecular complexity index is 5660. The van der Waals surface area contributed by atoms with E-state index in [0.29, 0.717) is 60.4 Å². The van der Waals surface area contributed by atoms with E-state index in [4.69, 9.17) is 39.9 Å². The predicted molar refractivity (Wildman–Crippen MR) is 507 cm³/mol. The Hall–Kier alpha value is -9.76. The number of anilines is 4. The first kappa shape index (κ1) is 85.7. The number of aromatic nitrogens is 12. The van der Waals surface area contributed by atoms with Crippen LogP contribution in [0.3, 0.4) is 0 Å². The second-order valence-corrected chi connectivity index (χ2v) is 38.5. The maximum absolute atomic E-state index is 5.12. The van der Waals surface area contributed by atoms with Crippen LogP contribution in [-0.4, -0.2) is 257 Å². The average molecular weight is 1700 g/mol. The maximum Gasteiger partial charge on any atom is 0.138 e. The molecule has 0 N–H and O–H groups in total. The topological polar surface area (TPSA) is 160 Å². The summed E-state index contributed by atoms with van der Waals surface area (Å²) in [6, 6.07) is 47.4. The van der Waals surface area contributed by atoms with Crippen molar-refractivity contribution in [2.45, 2.75) is 203 Å². The zero-order valence-corrected chi connectivity index (χ0v) is 76.9. The lowest BCUT2D eigenvalue weighted by Crippen LogP contribution is -2.50. The van der Waals surface area contributed by atoms with Crippen molar-refractivity contribution in [2.75, 3.05) is 168 Å². The number of pyridine rings is 8. The number of fused-ring (bicyclic) bond motifs is 5. The van der Waals surface area contributed by atoms with Gasteiger partial charge in [0.2, 0.25) is 0 Å². The normalized spacial score (nSPS) is 25.0. The van der Waals surface area contributed by atoms with Gasteiger partial charge >= 0.3 is 0 Å². The number of piperazine rings is 3. The van der Waals surface area contributed by atoms with Crippen LogP contribution in [0.25, 0.3) is 22.6 Å². The van der Waals surface area contributed by atoms with E-state index in [-0.39, 0.29) is 0 Å². The number of aryl methyl sites for hydroxylation is 3.